The highest BCUT2D eigenvalue weighted by molar-refractivity contribution is 5.86. The maximum Gasteiger partial charge on any atom is 0.407 e. The second-order valence-corrected chi connectivity index (χ2v) is 17.8. The summed E-state index contributed by atoms with van der Waals surface area (Å²) in [5.74, 6) is 1.43. The van der Waals surface area contributed by atoms with Gasteiger partial charge in [-0.05, 0) is 78.8 Å². The number of nitrogens with one attached hydrogen (secondary N) is 3. The monoisotopic (exact) mass is 838 g/mol. The molecule has 4 fully saturated rings. The zero-order valence-corrected chi connectivity index (χ0v) is 36.2. The van der Waals surface area contributed by atoms with E-state index in [1.807, 2.05) is 49.3 Å². The molecule has 9 rings (SSSR count). The van der Waals surface area contributed by atoms with Crippen molar-refractivity contribution in [3.63, 3.8) is 0 Å². The van der Waals surface area contributed by atoms with E-state index in [9.17, 15) is 14.4 Å². The number of methoxy groups -OCH3 is 1. The van der Waals surface area contributed by atoms with Crippen LogP contribution in [0.5, 0.6) is 0 Å². The number of H-pyrrole nitrogens is 2. The first-order chi connectivity index (χ1) is 30.1. The van der Waals surface area contributed by atoms with Gasteiger partial charge in [0.25, 0.3) is 0 Å². The molecule has 0 radical (unpaired) electrons. The van der Waals surface area contributed by atoms with Crippen molar-refractivity contribution in [3.05, 3.63) is 108 Å². The minimum atomic E-state index is -0.682. The number of imidazole rings is 2. The molecule has 3 amide bonds. The number of ether oxygens (including phenoxy) is 2. The Bertz CT molecular complexity index is 2350. The zero-order valence-electron chi connectivity index (χ0n) is 36.2. The summed E-state index contributed by atoms with van der Waals surface area (Å²) in [7, 11) is 1.30. The topological polar surface area (TPSA) is 149 Å². The highest BCUT2D eigenvalue weighted by atomic mass is 16.5. The van der Waals surface area contributed by atoms with Gasteiger partial charge in [0.2, 0.25) is 11.8 Å². The molecule has 5 atom stereocenters. The van der Waals surface area contributed by atoms with Gasteiger partial charge in [-0.2, -0.15) is 0 Å². The second-order valence-electron chi connectivity index (χ2n) is 17.8. The third kappa shape index (κ3) is 8.27. The number of aromatic amines is 2. The Balaban J connectivity index is 0.892. The minimum absolute atomic E-state index is 0.0999. The summed E-state index contributed by atoms with van der Waals surface area (Å²) in [4.78, 5) is 63.5. The molecule has 5 aromatic rings. The largest absolute Gasteiger partial charge is 0.453 e. The number of hydrogen-bond donors (Lipinski definition) is 3. The third-order valence-corrected chi connectivity index (χ3v) is 13.4. The van der Waals surface area contributed by atoms with Crippen LogP contribution in [0.1, 0.15) is 101 Å². The van der Waals surface area contributed by atoms with Crippen molar-refractivity contribution in [2.75, 3.05) is 33.4 Å². The molecule has 3 saturated heterocycles. The van der Waals surface area contributed by atoms with Gasteiger partial charge in [0, 0.05) is 25.6 Å². The van der Waals surface area contributed by atoms with Gasteiger partial charge < -0.3 is 34.6 Å². The smallest absolute Gasteiger partial charge is 0.407 e. The number of benzene rings is 3. The zero-order chi connectivity index (χ0) is 43.0. The van der Waals surface area contributed by atoms with Crippen LogP contribution in [0.25, 0.3) is 33.6 Å². The first-order valence-corrected chi connectivity index (χ1v) is 22.4. The summed E-state index contributed by atoms with van der Waals surface area (Å²) in [6.45, 7) is 8.70. The summed E-state index contributed by atoms with van der Waals surface area (Å²) in [5.41, 5.74) is 6.66. The van der Waals surface area contributed by atoms with Gasteiger partial charge in [-0.15, -0.1) is 0 Å². The fourth-order valence-electron chi connectivity index (χ4n) is 9.97. The second kappa shape index (κ2) is 17.5. The van der Waals surface area contributed by atoms with E-state index >= 15 is 0 Å². The lowest BCUT2D eigenvalue weighted by molar-refractivity contribution is -0.139. The lowest BCUT2D eigenvalue weighted by Crippen LogP contribution is -2.51. The minimum Gasteiger partial charge on any atom is -0.453 e. The van der Waals surface area contributed by atoms with Crippen molar-refractivity contribution < 1.29 is 23.9 Å². The van der Waals surface area contributed by atoms with E-state index in [-0.39, 0.29) is 41.5 Å². The van der Waals surface area contributed by atoms with Gasteiger partial charge in [0.05, 0.1) is 55.1 Å². The average Bonchev–Trinajstić information content (AvgIpc) is 3.88. The number of aromatic nitrogens is 4. The van der Waals surface area contributed by atoms with Crippen LogP contribution in [-0.4, -0.2) is 104 Å². The van der Waals surface area contributed by atoms with Crippen LogP contribution in [0.15, 0.2) is 91.3 Å². The lowest BCUT2D eigenvalue weighted by Gasteiger charge is -2.35. The van der Waals surface area contributed by atoms with Crippen LogP contribution in [0.3, 0.4) is 0 Å². The maximum atomic E-state index is 14.9. The van der Waals surface area contributed by atoms with E-state index in [0.29, 0.717) is 19.1 Å². The number of hydrogen-bond acceptors (Lipinski definition) is 8. The molecule has 3 aromatic carbocycles. The Morgan fingerprint density at radius 1 is 0.823 bits per heavy atom. The number of nitrogens with zero attached hydrogens (tertiary/aromatic N) is 5. The van der Waals surface area contributed by atoms with Crippen LogP contribution in [0.2, 0.25) is 0 Å². The van der Waals surface area contributed by atoms with Crippen LogP contribution >= 0.6 is 0 Å². The van der Waals surface area contributed by atoms with Gasteiger partial charge in [0.15, 0.2) is 0 Å². The Hall–Kier alpha value is -5.79. The number of amides is 3. The molecule has 3 N–H and O–H groups in total. The quantitative estimate of drug-likeness (QED) is 0.107. The van der Waals surface area contributed by atoms with Crippen molar-refractivity contribution in [2.24, 2.45) is 5.92 Å². The standard InChI is InChI=1S/C49H58N8O5/c1-5-55(37-22-23-37)43(36-11-7-6-8-12-36)47(59)57-30-49(24-10-26-62-49)27-41(57)45-51-29-39(53-45)35-20-16-33(17-21-35)32-14-18-34(19-15-32)38-28-50-44(52-38)40-13-9-25-56(40)46(58)42(31(2)3)54-48(60)61-4/h6-8,11-12,14-21,28-29,31,37,40-43H,5,9-10,13,22-27,30H2,1-4H3,(H,50,52)(H,51,53)(H,54,60)/t40-,41-,42-,43-,49-/m0/s1. The molecular weight excluding hydrogens is 781 g/mol. The number of carbonyl (C=O) groups is 3. The van der Waals surface area contributed by atoms with Crippen molar-refractivity contribution in [2.45, 2.75) is 102 Å². The molecule has 1 spiro atoms. The first kappa shape index (κ1) is 41.6. The van der Waals surface area contributed by atoms with Crippen LogP contribution in [0, 0.1) is 5.92 Å². The molecule has 62 heavy (non-hydrogen) atoms. The molecule has 1 aliphatic carbocycles. The molecule has 1 saturated carbocycles. The normalized spacial score (nSPS) is 22.2. The number of likely N-dealkylation sites (N-methyl/N-ethyl adjacent to an activating group) is 1. The molecule has 3 aliphatic heterocycles. The fraction of sp³-hybridized carbons (Fsp3) is 0.449. The molecule has 0 unspecified atom stereocenters. The van der Waals surface area contributed by atoms with E-state index in [0.717, 1.165) is 109 Å². The molecule has 324 valence electrons. The fourth-order valence-corrected chi connectivity index (χ4v) is 9.97. The summed E-state index contributed by atoms with van der Waals surface area (Å²) in [5, 5.41) is 2.71. The van der Waals surface area contributed by atoms with E-state index in [1.165, 1.54) is 7.11 Å². The van der Waals surface area contributed by atoms with Crippen LogP contribution in [0.4, 0.5) is 4.79 Å². The SMILES string of the molecule is CCN(C1CC1)[C@H](C(=O)N1C[C@]2(CCCO2)C[C@H]1c1ncc(-c2ccc(-c3ccc(-c4cnc([C@@H]5CCCN5C(=O)[C@@H](NC(=O)OC)C(C)C)[nH]4)cc3)cc2)[nH]1)c1ccccc1. The highest BCUT2D eigenvalue weighted by Gasteiger charge is 2.52. The van der Waals surface area contributed by atoms with Crippen LogP contribution < -0.4 is 5.32 Å². The number of alkyl carbamates (subject to hydrolysis) is 1. The molecule has 4 aliphatic rings. The average molecular weight is 839 g/mol. The summed E-state index contributed by atoms with van der Waals surface area (Å²) in [6, 6.07) is 26.1. The third-order valence-electron chi connectivity index (χ3n) is 13.4. The predicted molar refractivity (Wildman–Crippen MR) is 236 cm³/mol. The first-order valence-electron chi connectivity index (χ1n) is 22.4. The lowest BCUT2D eigenvalue weighted by atomic mass is 9.96. The van der Waals surface area contributed by atoms with E-state index in [1.54, 1.807) is 0 Å². The Kier molecular flexibility index (Phi) is 11.7. The molecule has 13 heteroatoms. The Morgan fingerprint density at radius 2 is 1.44 bits per heavy atom. The summed E-state index contributed by atoms with van der Waals surface area (Å²) < 4.78 is 11.2. The maximum absolute atomic E-state index is 14.9. The number of rotatable bonds is 13. The van der Waals surface area contributed by atoms with Gasteiger partial charge in [-0.25, -0.2) is 14.8 Å². The van der Waals surface area contributed by atoms with E-state index in [2.05, 4.69) is 92.7 Å². The van der Waals surface area contributed by atoms with Gasteiger partial charge in [0.1, 0.15) is 23.7 Å². The molecule has 2 aromatic heterocycles. The molecular formula is C49H58N8O5. The highest BCUT2D eigenvalue weighted by Crippen LogP contribution is 2.47. The molecule has 5 heterocycles. The van der Waals surface area contributed by atoms with E-state index < -0.39 is 12.1 Å². The number of likely N-dealkylation sites (tertiary alicyclic amines) is 2. The van der Waals surface area contributed by atoms with Crippen molar-refractivity contribution in [3.8, 4) is 33.6 Å². The van der Waals surface area contributed by atoms with Gasteiger partial charge in [-0.3, -0.25) is 14.5 Å². The molecule has 0 bridgehead atoms. The van der Waals surface area contributed by atoms with Crippen molar-refractivity contribution in [1.82, 2.24) is 40.0 Å². The van der Waals surface area contributed by atoms with Crippen molar-refractivity contribution >= 4 is 17.9 Å². The molecule has 13 nitrogen and oxygen atoms in total. The van der Waals surface area contributed by atoms with Gasteiger partial charge in [-0.1, -0.05) is 99.6 Å². The summed E-state index contributed by atoms with van der Waals surface area (Å²) >= 11 is 0. The Labute approximate surface area is 363 Å². The van der Waals surface area contributed by atoms with E-state index in [4.69, 9.17) is 19.4 Å². The predicted octanol–water partition coefficient (Wildman–Crippen LogP) is 8.23. The number of carbonyl (C=O) groups excluding carboxylic acids is 3. The Morgan fingerprint density at radius 3 is 1.98 bits per heavy atom. The van der Waals surface area contributed by atoms with Crippen LogP contribution in [-0.2, 0) is 19.1 Å². The van der Waals surface area contributed by atoms with Crippen molar-refractivity contribution in [1.29, 1.82) is 0 Å². The summed E-state index contributed by atoms with van der Waals surface area (Å²) in [6.07, 6.45) is 9.68. The van der Waals surface area contributed by atoms with Gasteiger partial charge >= 0.3 is 6.09 Å².